The molecule has 2 aliphatic heterocycles. The second-order valence-corrected chi connectivity index (χ2v) is 6.36. The van der Waals surface area contributed by atoms with Gasteiger partial charge in [0.15, 0.2) is 0 Å². The van der Waals surface area contributed by atoms with Crippen LogP contribution in [0.15, 0.2) is 30.3 Å². The highest BCUT2D eigenvalue weighted by atomic mass is 16.2. The van der Waals surface area contributed by atoms with Gasteiger partial charge in [-0.25, -0.2) is 0 Å². The molecule has 0 atom stereocenters. The van der Waals surface area contributed by atoms with Crippen molar-refractivity contribution >= 4 is 5.91 Å². The number of rotatable bonds is 5. The first kappa shape index (κ1) is 14.6. The lowest BCUT2D eigenvalue weighted by molar-refractivity contribution is -0.127. The molecule has 0 N–H and O–H groups in total. The van der Waals surface area contributed by atoms with Gasteiger partial charge in [0.1, 0.15) is 0 Å². The second kappa shape index (κ2) is 7.08. The molecular formula is C18H26N2O. The number of carbonyl (C=O) groups excluding carboxylic acids is 1. The first-order valence-corrected chi connectivity index (χ1v) is 8.38. The van der Waals surface area contributed by atoms with E-state index in [1.54, 1.807) is 0 Å². The lowest BCUT2D eigenvalue weighted by Crippen LogP contribution is -2.35. The number of hydrogen-bond acceptors (Lipinski definition) is 2. The van der Waals surface area contributed by atoms with E-state index in [9.17, 15) is 4.79 Å². The van der Waals surface area contributed by atoms with Crippen molar-refractivity contribution in [1.29, 1.82) is 0 Å². The van der Waals surface area contributed by atoms with E-state index in [0.717, 1.165) is 44.8 Å². The zero-order valence-electron chi connectivity index (χ0n) is 12.8. The fourth-order valence-electron chi connectivity index (χ4n) is 3.64. The monoisotopic (exact) mass is 286 g/mol. The molecule has 114 valence electrons. The topological polar surface area (TPSA) is 23.6 Å². The quantitative estimate of drug-likeness (QED) is 0.831. The summed E-state index contributed by atoms with van der Waals surface area (Å²) in [5.41, 5.74) is 1.50. The van der Waals surface area contributed by atoms with E-state index in [-0.39, 0.29) is 0 Å². The summed E-state index contributed by atoms with van der Waals surface area (Å²) in [5.74, 6) is 1.10. The molecule has 3 heteroatoms. The molecule has 21 heavy (non-hydrogen) atoms. The molecule has 1 aromatic rings. The summed E-state index contributed by atoms with van der Waals surface area (Å²) in [7, 11) is 0. The first-order valence-electron chi connectivity index (χ1n) is 8.38. The number of benzene rings is 1. The molecule has 0 bridgehead atoms. The van der Waals surface area contributed by atoms with E-state index in [2.05, 4.69) is 35.2 Å². The second-order valence-electron chi connectivity index (χ2n) is 6.36. The molecule has 2 saturated heterocycles. The first-order chi connectivity index (χ1) is 10.3. The van der Waals surface area contributed by atoms with Crippen LogP contribution in [0.5, 0.6) is 0 Å². The summed E-state index contributed by atoms with van der Waals surface area (Å²) in [6.07, 6.45) is 5.49. The summed E-state index contributed by atoms with van der Waals surface area (Å²) in [4.78, 5) is 16.2. The van der Waals surface area contributed by atoms with Gasteiger partial charge in [-0.1, -0.05) is 30.3 Å². The molecule has 3 nitrogen and oxygen atoms in total. The third-order valence-corrected chi connectivity index (χ3v) is 4.93. The summed E-state index contributed by atoms with van der Waals surface area (Å²) < 4.78 is 0. The zero-order chi connectivity index (χ0) is 14.5. The normalized spacial score (nSPS) is 21.1. The summed E-state index contributed by atoms with van der Waals surface area (Å²) in [6.45, 7) is 5.48. The number of hydrogen-bond donors (Lipinski definition) is 0. The van der Waals surface area contributed by atoms with Crippen molar-refractivity contribution in [3.8, 4) is 0 Å². The fourth-order valence-corrected chi connectivity index (χ4v) is 3.64. The van der Waals surface area contributed by atoms with Crippen molar-refractivity contribution in [2.24, 2.45) is 0 Å². The van der Waals surface area contributed by atoms with Crippen molar-refractivity contribution < 1.29 is 4.79 Å². The molecule has 0 saturated carbocycles. The molecular weight excluding hydrogens is 260 g/mol. The predicted molar refractivity (Wildman–Crippen MR) is 85.3 cm³/mol. The van der Waals surface area contributed by atoms with Crippen LogP contribution in [0.1, 0.15) is 43.6 Å². The summed E-state index contributed by atoms with van der Waals surface area (Å²) in [5, 5.41) is 0. The van der Waals surface area contributed by atoms with E-state index in [0.29, 0.717) is 5.91 Å². The van der Waals surface area contributed by atoms with Crippen molar-refractivity contribution in [1.82, 2.24) is 9.80 Å². The molecule has 0 aliphatic carbocycles. The minimum atomic E-state index is 0.359. The molecule has 2 heterocycles. The lowest BCUT2D eigenvalue weighted by atomic mass is 9.89. The van der Waals surface area contributed by atoms with Gasteiger partial charge in [-0.3, -0.25) is 4.79 Å². The Hall–Kier alpha value is -1.35. The number of nitrogens with zero attached hydrogens (tertiary/aromatic N) is 2. The molecule has 0 unspecified atom stereocenters. The molecule has 0 spiro atoms. The SMILES string of the molecule is O=C1CCCN1CCCN1CCC(c2ccccc2)CC1. The third kappa shape index (κ3) is 3.85. The summed E-state index contributed by atoms with van der Waals surface area (Å²) >= 11 is 0. The van der Waals surface area contributed by atoms with Crippen LogP contribution < -0.4 is 0 Å². The molecule has 0 aromatic heterocycles. The van der Waals surface area contributed by atoms with E-state index in [1.807, 2.05) is 4.90 Å². The Balaban J connectivity index is 1.37. The average molecular weight is 286 g/mol. The zero-order valence-corrected chi connectivity index (χ0v) is 12.8. The number of amides is 1. The number of carbonyl (C=O) groups is 1. The van der Waals surface area contributed by atoms with Gasteiger partial charge >= 0.3 is 0 Å². The minimum absolute atomic E-state index is 0.359. The largest absolute Gasteiger partial charge is 0.343 e. The van der Waals surface area contributed by atoms with Crippen LogP contribution in [0.4, 0.5) is 0 Å². The Labute approximate surface area is 127 Å². The van der Waals surface area contributed by atoms with Crippen molar-refractivity contribution in [3.05, 3.63) is 35.9 Å². The maximum absolute atomic E-state index is 11.6. The van der Waals surface area contributed by atoms with Crippen LogP contribution in [-0.2, 0) is 4.79 Å². The highest BCUT2D eigenvalue weighted by Gasteiger charge is 2.22. The molecule has 3 rings (SSSR count). The van der Waals surface area contributed by atoms with Gasteiger partial charge < -0.3 is 9.80 Å². The lowest BCUT2D eigenvalue weighted by Gasteiger charge is -2.32. The molecule has 2 aliphatic rings. The molecule has 2 fully saturated rings. The Morgan fingerprint density at radius 3 is 2.43 bits per heavy atom. The maximum atomic E-state index is 11.6. The van der Waals surface area contributed by atoms with Gasteiger partial charge in [-0.05, 0) is 56.8 Å². The van der Waals surface area contributed by atoms with Crippen LogP contribution in [0.25, 0.3) is 0 Å². The maximum Gasteiger partial charge on any atom is 0.222 e. The van der Waals surface area contributed by atoms with Gasteiger partial charge in [0.25, 0.3) is 0 Å². The van der Waals surface area contributed by atoms with Crippen molar-refractivity contribution in [3.63, 3.8) is 0 Å². The highest BCUT2D eigenvalue weighted by molar-refractivity contribution is 5.77. The Morgan fingerprint density at radius 2 is 1.76 bits per heavy atom. The molecule has 0 radical (unpaired) electrons. The minimum Gasteiger partial charge on any atom is -0.343 e. The van der Waals surface area contributed by atoms with E-state index >= 15 is 0 Å². The third-order valence-electron chi connectivity index (χ3n) is 4.93. The van der Waals surface area contributed by atoms with Crippen LogP contribution in [0.3, 0.4) is 0 Å². The predicted octanol–water partition coefficient (Wildman–Crippen LogP) is 2.88. The Morgan fingerprint density at radius 1 is 1.00 bits per heavy atom. The van der Waals surface area contributed by atoms with E-state index in [4.69, 9.17) is 0 Å². The smallest absolute Gasteiger partial charge is 0.222 e. The van der Waals surface area contributed by atoms with Crippen LogP contribution in [-0.4, -0.2) is 48.4 Å². The Kier molecular flexibility index (Phi) is 4.91. The van der Waals surface area contributed by atoms with E-state index < -0.39 is 0 Å². The average Bonchev–Trinajstić information content (AvgIpc) is 2.94. The van der Waals surface area contributed by atoms with Crippen molar-refractivity contribution in [2.45, 2.75) is 38.0 Å². The van der Waals surface area contributed by atoms with Crippen LogP contribution in [0, 0.1) is 0 Å². The summed E-state index contributed by atoms with van der Waals surface area (Å²) in [6, 6.07) is 10.9. The van der Waals surface area contributed by atoms with Gasteiger partial charge in [0.05, 0.1) is 0 Å². The number of likely N-dealkylation sites (tertiary alicyclic amines) is 2. The highest BCUT2D eigenvalue weighted by Crippen LogP contribution is 2.27. The molecule has 1 amide bonds. The standard InChI is InChI=1S/C18H26N2O/c21-18-8-4-12-20(18)13-5-11-19-14-9-17(10-15-19)16-6-2-1-3-7-16/h1-3,6-7,17H,4-5,8-15H2. The number of piperidine rings is 1. The van der Waals surface area contributed by atoms with Crippen molar-refractivity contribution in [2.75, 3.05) is 32.7 Å². The van der Waals surface area contributed by atoms with Gasteiger partial charge in [0.2, 0.25) is 5.91 Å². The van der Waals surface area contributed by atoms with Gasteiger partial charge in [0, 0.05) is 19.5 Å². The van der Waals surface area contributed by atoms with Gasteiger partial charge in [-0.15, -0.1) is 0 Å². The van der Waals surface area contributed by atoms with E-state index in [1.165, 1.54) is 31.5 Å². The van der Waals surface area contributed by atoms with Crippen LogP contribution >= 0.6 is 0 Å². The Bertz CT molecular complexity index is 452. The molecule has 1 aromatic carbocycles. The van der Waals surface area contributed by atoms with Gasteiger partial charge in [-0.2, -0.15) is 0 Å². The fraction of sp³-hybridized carbons (Fsp3) is 0.611. The van der Waals surface area contributed by atoms with Crippen LogP contribution in [0.2, 0.25) is 0 Å².